The Bertz CT molecular complexity index is 1450. The Morgan fingerprint density at radius 2 is 1.60 bits per heavy atom. The molecule has 206 valence electrons. The van der Waals surface area contributed by atoms with Crippen molar-refractivity contribution in [3.63, 3.8) is 0 Å². The molecule has 1 unspecified atom stereocenters. The van der Waals surface area contributed by atoms with Gasteiger partial charge in [0.1, 0.15) is 30.5 Å². The summed E-state index contributed by atoms with van der Waals surface area (Å²) in [4.78, 5) is 19.2. The molecule has 3 heterocycles. The minimum absolute atomic E-state index is 0.204. The molecular weight excluding hydrogens is 513 g/mol. The van der Waals surface area contributed by atoms with Crippen LogP contribution in [0.3, 0.4) is 0 Å². The zero-order chi connectivity index (χ0) is 27.5. The summed E-state index contributed by atoms with van der Waals surface area (Å²) in [5.74, 6) is 0.335. The van der Waals surface area contributed by atoms with Crippen LogP contribution in [0.5, 0.6) is 11.8 Å². The zero-order valence-corrected chi connectivity index (χ0v) is 22.0. The van der Waals surface area contributed by atoms with Crippen molar-refractivity contribution in [3.8, 4) is 22.9 Å². The van der Waals surface area contributed by atoms with Crippen molar-refractivity contribution in [2.45, 2.75) is 25.6 Å². The fourth-order valence-electron chi connectivity index (χ4n) is 5.15. The molecule has 10 heteroatoms. The molecule has 0 N–H and O–H groups in total. The highest BCUT2D eigenvalue weighted by Gasteiger charge is 2.28. The lowest BCUT2D eigenvalue weighted by Gasteiger charge is -2.36. The van der Waals surface area contributed by atoms with Crippen LogP contribution < -0.4 is 14.4 Å². The first-order chi connectivity index (χ1) is 19.5. The molecule has 0 saturated carbocycles. The van der Waals surface area contributed by atoms with Crippen LogP contribution in [0.1, 0.15) is 12.0 Å². The van der Waals surface area contributed by atoms with E-state index in [-0.39, 0.29) is 23.7 Å². The van der Waals surface area contributed by atoms with E-state index in [0.29, 0.717) is 19.6 Å². The highest BCUT2D eigenvalue weighted by Crippen LogP contribution is 2.26. The van der Waals surface area contributed by atoms with Gasteiger partial charge >= 0.3 is 11.8 Å². The average Bonchev–Trinajstić information content (AvgIpc) is 3.42. The lowest BCUT2D eigenvalue weighted by molar-refractivity contribution is -0.389. The number of aryl methyl sites for hydroxylation is 1. The fourth-order valence-corrected chi connectivity index (χ4v) is 5.15. The van der Waals surface area contributed by atoms with Crippen LogP contribution in [0, 0.1) is 15.9 Å². The van der Waals surface area contributed by atoms with Gasteiger partial charge in [0.2, 0.25) is 0 Å². The van der Waals surface area contributed by atoms with Crippen molar-refractivity contribution < 1.29 is 18.8 Å². The second-order valence-corrected chi connectivity index (χ2v) is 10.1. The third kappa shape index (κ3) is 5.91. The highest BCUT2D eigenvalue weighted by atomic mass is 19.1. The number of anilines is 1. The van der Waals surface area contributed by atoms with Crippen molar-refractivity contribution in [2.24, 2.45) is 0 Å². The van der Waals surface area contributed by atoms with E-state index in [1.165, 1.54) is 29.6 Å². The SMILES string of the molecule is O=[N+]([O-])c1cn2c(n1)OC(COc1ccc(N3CCN(Cc4ccc(-c5ccc(F)cc5)cc4)CC3)cc1)CC2. The molecule has 0 amide bonds. The minimum atomic E-state index is -0.516. The van der Waals surface area contributed by atoms with E-state index >= 15 is 0 Å². The first-order valence-electron chi connectivity index (χ1n) is 13.4. The van der Waals surface area contributed by atoms with Gasteiger partial charge in [-0.15, -0.1) is 0 Å². The standard InChI is InChI=1S/C30H30FN5O4/c31-25-7-5-24(6-8-25)23-3-1-22(2-4-23)19-33-15-17-34(18-16-33)26-9-11-27(12-10-26)39-21-28-13-14-35-20-29(36(37)38)32-30(35)40-28/h1-12,20,28H,13-19,21H2. The second-order valence-electron chi connectivity index (χ2n) is 10.1. The Balaban J connectivity index is 0.957. The zero-order valence-electron chi connectivity index (χ0n) is 22.0. The fraction of sp³-hybridized carbons (Fsp3) is 0.300. The van der Waals surface area contributed by atoms with Gasteiger partial charge in [0.15, 0.2) is 0 Å². The van der Waals surface area contributed by atoms with Crippen molar-refractivity contribution in [3.05, 3.63) is 100 Å². The Hall–Kier alpha value is -4.44. The molecule has 3 aromatic carbocycles. The van der Waals surface area contributed by atoms with Gasteiger partial charge in [0, 0.05) is 56.4 Å². The first-order valence-corrected chi connectivity index (χ1v) is 13.4. The Labute approximate surface area is 231 Å². The van der Waals surface area contributed by atoms with Crippen LogP contribution in [-0.4, -0.2) is 58.3 Å². The Morgan fingerprint density at radius 1 is 0.925 bits per heavy atom. The van der Waals surface area contributed by atoms with Gasteiger partial charge < -0.3 is 24.5 Å². The van der Waals surface area contributed by atoms with Crippen LogP contribution in [0.15, 0.2) is 79.0 Å². The summed E-state index contributed by atoms with van der Waals surface area (Å²) < 4.78 is 26.6. The number of hydrogen-bond donors (Lipinski definition) is 0. The van der Waals surface area contributed by atoms with Crippen LogP contribution >= 0.6 is 0 Å². The monoisotopic (exact) mass is 543 g/mol. The number of aromatic nitrogens is 2. The van der Waals surface area contributed by atoms with E-state index in [1.807, 2.05) is 12.1 Å². The van der Waals surface area contributed by atoms with E-state index in [4.69, 9.17) is 9.47 Å². The number of hydrogen-bond acceptors (Lipinski definition) is 7. The number of imidazole rings is 1. The van der Waals surface area contributed by atoms with Crippen LogP contribution in [0.25, 0.3) is 11.1 Å². The lowest BCUT2D eigenvalue weighted by atomic mass is 10.0. The van der Waals surface area contributed by atoms with Crippen molar-refractivity contribution in [2.75, 3.05) is 37.7 Å². The maximum absolute atomic E-state index is 13.2. The summed E-state index contributed by atoms with van der Waals surface area (Å²) in [7, 11) is 0. The number of benzene rings is 3. The molecule has 1 saturated heterocycles. The van der Waals surface area contributed by atoms with Gasteiger partial charge in [-0.25, -0.2) is 4.39 Å². The first kappa shape index (κ1) is 25.8. The van der Waals surface area contributed by atoms with E-state index in [1.54, 1.807) is 16.7 Å². The molecule has 4 aromatic rings. The predicted octanol–water partition coefficient (Wildman–Crippen LogP) is 5.15. The maximum atomic E-state index is 13.2. The van der Waals surface area contributed by atoms with Crippen LogP contribution in [-0.2, 0) is 13.1 Å². The summed E-state index contributed by atoms with van der Waals surface area (Å²) in [5, 5.41) is 10.9. The van der Waals surface area contributed by atoms with Gasteiger partial charge in [-0.05, 0) is 58.0 Å². The van der Waals surface area contributed by atoms with Crippen molar-refractivity contribution >= 4 is 11.5 Å². The van der Waals surface area contributed by atoms with Crippen LogP contribution in [0.4, 0.5) is 15.9 Å². The predicted molar refractivity (Wildman–Crippen MR) is 149 cm³/mol. The summed E-state index contributed by atoms with van der Waals surface area (Å²) in [6, 6.07) is 23.5. The van der Waals surface area contributed by atoms with Crippen molar-refractivity contribution in [1.82, 2.24) is 14.5 Å². The van der Waals surface area contributed by atoms with Gasteiger partial charge in [0.25, 0.3) is 0 Å². The summed E-state index contributed by atoms with van der Waals surface area (Å²) >= 11 is 0. The molecule has 6 rings (SSSR count). The molecule has 40 heavy (non-hydrogen) atoms. The molecule has 2 aliphatic heterocycles. The number of ether oxygens (including phenoxy) is 2. The molecule has 0 bridgehead atoms. The third-order valence-electron chi connectivity index (χ3n) is 7.43. The summed E-state index contributed by atoms with van der Waals surface area (Å²) in [6.07, 6.45) is 1.89. The van der Waals surface area contributed by atoms with E-state index in [2.05, 4.69) is 51.2 Å². The van der Waals surface area contributed by atoms with E-state index in [0.717, 1.165) is 49.6 Å². The topological polar surface area (TPSA) is 85.9 Å². The number of halogens is 1. The molecule has 2 aliphatic rings. The molecular formula is C30H30FN5O4. The number of rotatable bonds is 8. The molecule has 0 spiro atoms. The number of nitro groups is 1. The number of nitrogens with zero attached hydrogens (tertiary/aromatic N) is 5. The van der Waals surface area contributed by atoms with Gasteiger partial charge in [-0.2, -0.15) is 0 Å². The Kier molecular flexibility index (Phi) is 7.33. The highest BCUT2D eigenvalue weighted by molar-refractivity contribution is 5.63. The lowest BCUT2D eigenvalue weighted by Crippen LogP contribution is -2.45. The van der Waals surface area contributed by atoms with Gasteiger partial charge in [-0.1, -0.05) is 36.4 Å². The molecule has 0 radical (unpaired) electrons. The molecule has 1 atom stereocenters. The molecule has 1 aromatic heterocycles. The summed E-state index contributed by atoms with van der Waals surface area (Å²) in [5.41, 5.74) is 4.54. The van der Waals surface area contributed by atoms with E-state index in [9.17, 15) is 14.5 Å². The maximum Gasteiger partial charge on any atom is 0.414 e. The minimum Gasteiger partial charge on any atom is -0.490 e. The Morgan fingerprint density at radius 3 is 2.27 bits per heavy atom. The normalized spacial score (nSPS) is 17.2. The summed E-state index contributed by atoms with van der Waals surface area (Å²) in [6.45, 7) is 5.71. The number of piperazine rings is 1. The van der Waals surface area contributed by atoms with Gasteiger partial charge in [-0.3, -0.25) is 9.47 Å². The second kappa shape index (κ2) is 11.4. The van der Waals surface area contributed by atoms with Crippen molar-refractivity contribution in [1.29, 1.82) is 0 Å². The average molecular weight is 544 g/mol. The molecule has 0 aliphatic carbocycles. The van der Waals surface area contributed by atoms with E-state index < -0.39 is 4.92 Å². The largest absolute Gasteiger partial charge is 0.490 e. The smallest absolute Gasteiger partial charge is 0.414 e. The van der Waals surface area contributed by atoms with Crippen LogP contribution in [0.2, 0.25) is 0 Å². The quantitative estimate of drug-likeness (QED) is 0.224. The number of fused-ring (bicyclic) bond motifs is 1. The molecule has 9 nitrogen and oxygen atoms in total. The third-order valence-corrected chi connectivity index (χ3v) is 7.43. The van der Waals surface area contributed by atoms with Gasteiger partial charge in [0.05, 0.1) is 0 Å². The molecule has 1 fully saturated rings.